The third-order valence-corrected chi connectivity index (χ3v) is 3.70. The van der Waals surface area contributed by atoms with Crippen LogP contribution in [0.25, 0.3) is 0 Å². The first-order valence-electron chi connectivity index (χ1n) is 5.28. The third-order valence-electron chi connectivity index (χ3n) is 2.26. The van der Waals surface area contributed by atoms with Crippen molar-refractivity contribution in [1.29, 1.82) is 0 Å². The van der Waals surface area contributed by atoms with Gasteiger partial charge in [0.05, 0.1) is 6.20 Å². The second kappa shape index (κ2) is 6.29. The fraction of sp³-hybridized carbons (Fsp3) is 0.444. The number of carboxylic acids is 2. The normalized spacial score (nSPS) is 13.1. The van der Waals surface area contributed by atoms with Gasteiger partial charge in [0.2, 0.25) is 10.0 Å². The van der Waals surface area contributed by atoms with Crippen molar-refractivity contribution in [3.63, 3.8) is 0 Å². The van der Waals surface area contributed by atoms with Gasteiger partial charge in [-0.15, -0.1) is 0 Å². The Morgan fingerprint density at radius 1 is 1.42 bits per heavy atom. The molecule has 0 aliphatic carbocycles. The van der Waals surface area contributed by atoms with Crippen molar-refractivity contribution in [2.75, 3.05) is 0 Å². The lowest BCUT2D eigenvalue weighted by atomic mass is 10.1. The number of H-pyrrole nitrogens is 1. The van der Waals surface area contributed by atoms with Gasteiger partial charge in [-0.3, -0.25) is 14.7 Å². The van der Waals surface area contributed by atoms with E-state index in [1.54, 1.807) is 0 Å². The minimum absolute atomic E-state index is 0.0558. The number of nitrogens with one attached hydrogen (secondary N) is 2. The average molecular weight is 291 g/mol. The van der Waals surface area contributed by atoms with Crippen LogP contribution in [0, 0.1) is 0 Å². The van der Waals surface area contributed by atoms with Crippen LogP contribution in [0.3, 0.4) is 0 Å². The van der Waals surface area contributed by atoms with Gasteiger partial charge in [0.1, 0.15) is 10.9 Å². The zero-order valence-electron chi connectivity index (χ0n) is 9.74. The van der Waals surface area contributed by atoms with Crippen molar-refractivity contribution in [2.24, 2.45) is 0 Å². The molecule has 0 radical (unpaired) electrons. The number of carbonyl (C=O) groups is 2. The van der Waals surface area contributed by atoms with Crippen LogP contribution in [0.1, 0.15) is 19.3 Å². The van der Waals surface area contributed by atoms with Gasteiger partial charge in [-0.25, -0.2) is 8.42 Å². The fourth-order valence-corrected chi connectivity index (χ4v) is 2.46. The number of aromatic nitrogens is 2. The number of hydrogen-bond acceptors (Lipinski definition) is 5. The summed E-state index contributed by atoms with van der Waals surface area (Å²) < 4.78 is 25.5. The number of aromatic amines is 1. The largest absolute Gasteiger partial charge is 0.481 e. The molecule has 0 spiro atoms. The molecular weight excluding hydrogens is 278 g/mol. The van der Waals surface area contributed by atoms with E-state index in [0.29, 0.717) is 0 Å². The van der Waals surface area contributed by atoms with Gasteiger partial charge in [-0.2, -0.15) is 9.82 Å². The van der Waals surface area contributed by atoms with E-state index in [2.05, 4.69) is 10.2 Å². The molecule has 0 aliphatic rings. The van der Waals surface area contributed by atoms with Crippen LogP contribution in [0.2, 0.25) is 0 Å². The number of rotatable bonds is 8. The number of carboxylic acid groups (broad SMARTS) is 2. The molecule has 0 aromatic carbocycles. The van der Waals surface area contributed by atoms with Gasteiger partial charge in [0.15, 0.2) is 0 Å². The van der Waals surface area contributed by atoms with E-state index in [-0.39, 0.29) is 24.2 Å². The standard InChI is InChI=1S/C9H13N3O6S/c13-8(14)3-1-2-7(9(15)16)12-19(17,18)6-4-10-11-5-6/h4-5,7,12H,1-3H2,(H,10,11)(H,13,14)(H,15,16)/t7-/m1/s1. The van der Waals surface area contributed by atoms with E-state index in [1.807, 2.05) is 4.72 Å². The lowest BCUT2D eigenvalue weighted by Crippen LogP contribution is -2.40. The minimum Gasteiger partial charge on any atom is -0.481 e. The topological polar surface area (TPSA) is 149 Å². The first-order chi connectivity index (χ1) is 8.83. The van der Waals surface area contributed by atoms with Crippen LogP contribution in [0.15, 0.2) is 17.3 Å². The quantitative estimate of drug-likeness (QED) is 0.499. The number of nitrogens with zero attached hydrogens (tertiary/aromatic N) is 1. The zero-order chi connectivity index (χ0) is 14.5. The summed E-state index contributed by atoms with van der Waals surface area (Å²) in [5.41, 5.74) is 0. The van der Waals surface area contributed by atoms with Crippen molar-refractivity contribution in [1.82, 2.24) is 14.9 Å². The van der Waals surface area contributed by atoms with Crippen molar-refractivity contribution in [2.45, 2.75) is 30.2 Å². The van der Waals surface area contributed by atoms with Crippen molar-refractivity contribution >= 4 is 22.0 Å². The number of sulfonamides is 1. The monoisotopic (exact) mass is 291 g/mol. The van der Waals surface area contributed by atoms with E-state index >= 15 is 0 Å². The van der Waals surface area contributed by atoms with Crippen LogP contribution < -0.4 is 4.72 Å². The third kappa shape index (κ3) is 4.67. The molecule has 1 heterocycles. The highest BCUT2D eigenvalue weighted by Crippen LogP contribution is 2.09. The Hall–Kier alpha value is -1.94. The van der Waals surface area contributed by atoms with E-state index in [1.165, 1.54) is 0 Å². The minimum atomic E-state index is -3.98. The molecule has 0 aliphatic heterocycles. The molecule has 106 valence electrons. The maximum Gasteiger partial charge on any atom is 0.321 e. The fourth-order valence-electron chi connectivity index (χ4n) is 1.33. The summed E-state index contributed by atoms with van der Waals surface area (Å²) in [5, 5.41) is 23.1. The van der Waals surface area contributed by atoms with Crippen LogP contribution in [-0.2, 0) is 19.6 Å². The Kier molecular flexibility index (Phi) is 5.01. The highest BCUT2D eigenvalue weighted by atomic mass is 32.2. The van der Waals surface area contributed by atoms with Crippen LogP contribution in [-0.4, -0.2) is 46.8 Å². The molecule has 0 saturated carbocycles. The van der Waals surface area contributed by atoms with E-state index in [0.717, 1.165) is 12.4 Å². The molecule has 0 amide bonds. The van der Waals surface area contributed by atoms with Gasteiger partial charge in [-0.05, 0) is 12.8 Å². The number of hydrogen-bond donors (Lipinski definition) is 4. The van der Waals surface area contributed by atoms with Crippen molar-refractivity contribution in [3.05, 3.63) is 12.4 Å². The molecule has 0 saturated heterocycles. The summed E-state index contributed by atoms with van der Waals surface area (Å²) in [6.07, 6.45) is 1.87. The predicted molar refractivity (Wildman–Crippen MR) is 61.8 cm³/mol. The maximum absolute atomic E-state index is 11.8. The van der Waals surface area contributed by atoms with Crippen molar-refractivity contribution < 1.29 is 28.2 Å². The second-order valence-corrected chi connectivity index (χ2v) is 5.45. The summed E-state index contributed by atoms with van der Waals surface area (Å²) in [6, 6.07) is -1.38. The maximum atomic E-state index is 11.8. The van der Waals surface area contributed by atoms with Gasteiger partial charge in [0.25, 0.3) is 0 Å². The molecule has 10 heteroatoms. The molecule has 0 bridgehead atoms. The van der Waals surface area contributed by atoms with E-state index in [9.17, 15) is 18.0 Å². The zero-order valence-corrected chi connectivity index (χ0v) is 10.6. The molecule has 9 nitrogen and oxygen atoms in total. The molecule has 19 heavy (non-hydrogen) atoms. The molecule has 4 N–H and O–H groups in total. The van der Waals surface area contributed by atoms with Crippen LogP contribution >= 0.6 is 0 Å². The highest BCUT2D eigenvalue weighted by molar-refractivity contribution is 7.89. The first kappa shape index (κ1) is 15.1. The SMILES string of the molecule is O=C(O)CCC[C@@H](NS(=O)(=O)c1cn[nH]c1)C(=O)O. The average Bonchev–Trinajstić information content (AvgIpc) is 2.80. The second-order valence-electron chi connectivity index (χ2n) is 3.73. The van der Waals surface area contributed by atoms with Gasteiger partial charge < -0.3 is 10.2 Å². The van der Waals surface area contributed by atoms with Gasteiger partial charge in [-0.1, -0.05) is 0 Å². The summed E-state index contributed by atoms with van der Waals surface area (Å²) >= 11 is 0. The van der Waals surface area contributed by atoms with Gasteiger partial charge in [0, 0.05) is 12.6 Å². The van der Waals surface area contributed by atoms with E-state index in [4.69, 9.17) is 10.2 Å². The Morgan fingerprint density at radius 3 is 2.58 bits per heavy atom. The highest BCUT2D eigenvalue weighted by Gasteiger charge is 2.25. The molecule has 1 rings (SSSR count). The van der Waals surface area contributed by atoms with Crippen molar-refractivity contribution in [3.8, 4) is 0 Å². The Bertz CT molecular complexity index is 538. The first-order valence-corrected chi connectivity index (χ1v) is 6.77. The molecule has 1 aromatic rings. The Balaban J connectivity index is 2.68. The lowest BCUT2D eigenvalue weighted by molar-refractivity contribution is -0.140. The van der Waals surface area contributed by atoms with E-state index < -0.39 is 28.0 Å². The summed E-state index contributed by atoms with van der Waals surface area (Å²) in [7, 11) is -3.98. The Labute approximate surface area is 108 Å². The summed E-state index contributed by atoms with van der Waals surface area (Å²) in [5.74, 6) is -2.43. The molecule has 1 atom stereocenters. The molecule has 1 aromatic heterocycles. The van der Waals surface area contributed by atoms with Crippen LogP contribution in [0.5, 0.6) is 0 Å². The molecular formula is C9H13N3O6S. The molecule has 0 fully saturated rings. The Morgan fingerprint density at radius 2 is 2.11 bits per heavy atom. The lowest BCUT2D eigenvalue weighted by Gasteiger charge is -2.13. The van der Waals surface area contributed by atoms with Crippen LogP contribution in [0.4, 0.5) is 0 Å². The van der Waals surface area contributed by atoms with Gasteiger partial charge >= 0.3 is 11.9 Å². The number of aliphatic carboxylic acids is 2. The smallest absolute Gasteiger partial charge is 0.321 e. The summed E-state index contributed by atoms with van der Waals surface area (Å²) in [6.45, 7) is 0. The summed E-state index contributed by atoms with van der Waals surface area (Å²) in [4.78, 5) is 21.1. The molecule has 0 unspecified atom stereocenters. The predicted octanol–water partition coefficient (Wildman–Crippen LogP) is -0.604.